The van der Waals surface area contributed by atoms with E-state index < -0.39 is 11.8 Å². The predicted molar refractivity (Wildman–Crippen MR) is 49.1 cm³/mol. The molecule has 0 aromatic carbocycles. The van der Waals surface area contributed by atoms with Gasteiger partial charge in [-0.05, 0) is 12.2 Å². The molecular formula is C8H13F2NOS. The van der Waals surface area contributed by atoms with Crippen molar-refractivity contribution in [2.45, 2.75) is 25.3 Å². The fourth-order valence-corrected chi connectivity index (χ4v) is 2.57. The van der Waals surface area contributed by atoms with Gasteiger partial charge in [-0.1, -0.05) is 0 Å². The normalized spacial score (nSPS) is 23.2. The van der Waals surface area contributed by atoms with Gasteiger partial charge in [-0.2, -0.15) is 20.5 Å². The molecule has 1 amide bonds. The van der Waals surface area contributed by atoms with Crippen molar-refractivity contribution in [1.82, 2.24) is 4.90 Å². The van der Waals surface area contributed by atoms with E-state index in [9.17, 15) is 13.6 Å². The zero-order chi connectivity index (χ0) is 10.1. The van der Waals surface area contributed by atoms with E-state index in [1.807, 2.05) is 0 Å². The van der Waals surface area contributed by atoms with E-state index in [-0.39, 0.29) is 6.04 Å². The lowest BCUT2D eigenvalue weighted by atomic mass is 10.2. The van der Waals surface area contributed by atoms with Gasteiger partial charge in [0.25, 0.3) is 5.91 Å². The van der Waals surface area contributed by atoms with Gasteiger partial charge < -0.3 is 4.90 Å². The highest BCUT2D eigenvalue weighted by atomic mass is 32.2. The number of carbonyl (C=O) groups excluding carboxylic acids is 1. The first kappa shape index (κ1) is 10.8. The Morgan fingerprint density at radius 3 is 2.62 bits per heavy atom. The van der Waals surface area contributed by atoms with Crippen LogP contribution in [-0.4, -0.2) is 41.3 Å². The SMILES string of the molecule is CN(C(=O)C(C)(F)F)C1CCSC1. The summed E-state index contributed by atoms with van der Waals surface area (Å²) in [6, 6.07) is -0.0108. The molecule has 1 saturated heterocycles. The molecule has 1 aliphatic rings. The number of carbonyl (C=O) groups is 1. The number of hydrogen-bond acceptors (Lipinski definition) is 2. The molecule has 1 aliphatic heterocycles. The predicted octanol–water partition coefficient (Wildman–Crippen LogP) is 1.61. The quantitative estimate of drug-likeness (QED) is 0.688. The monoisotopic (exact) mass is 209 g/mol. The molecule has 1 heterocycles. The standard InChI is InChI=1S/C8H13F2NOS/c1-8(9,10)7(12)11(2)6-3-4-13-5-6/h6H,3-5H2,1-2H3. The van der Waals surface area contributed by atoms with Crippen LogP contribution >= 0.6 is 11.8 Å². The van der Waals surface area contributed by atoms with Gasteiger partial charge in [0.15, 0.2) is 0 Å². The zero-order valence-electron chi connectivity index (χ0n) is 7.72. The van der Waals surface area contributed by atoms with E-state index in [1.54, 1.807) is 11.8 Å². The summed E-state index contributed by atoms with van der Waals surface area (Å²) in [7, 11) is 1.45. The second-order valence-electron chi connectivity index (χ2n) is 3.32. The molecule has 0 spiro atoms. The molecule has 5 heteroatoms. The average molecular weight is 209 g/mol. The minimum Gasteiger partial charge on any atom is -0.337 e. The number of halogens is 2. The van der Waals surface area contributed by atoms with Crippen molar-refractivity contribution in [2.75, 3.05) is 18.6 Å². The minimum atomic E-state index is -3.23. The summed E-state index contributed by atoms with van der Waals surface area (Å²) in [5.41, 5.74) is 0. The average Bonchev–Trinajstić information content (AvgIpc) is 2.51. The van der Waals surface area contributed by atoms with Crippen molar-refractivity contribution in [1.29, 1.82) is 0 Å². The van der Waals surface area contributed by atoms with Gasteiger partial charge in [-0.15, -0.1) is 0 Å². The summed E-state index contributed by atoms with van der Waals surface area (Å²) in [6.07, 6.45) is 0.822. The Morgan fingerprint density at radius 2 is 2.23 bits per heavy atom. The highest BCUT2D eigenvalue weighted by Crippen LogP contribution is 2.24. The van der Waals surface area contributed by atoms with Crippen molar-refractivity contribution in [3.8, 4) is 0 Å². The second kappa shape index (κ2) is 3.82. The summed E-state index contributed by atoms with van der Waals surface area (Å²) in [6.45, 7) is 0.647. The van der Waals surface area contributed by atoms with Crippen LogP contribution in [0.2, 0.25) is 0 Å². The van der Waals surface area contributed by atoms with Crippen LogP contribution in [0.3, 0.4) is 0 Å². The number of rotatable bonds is 2. The molecule has 76 valence electrons. The molecule has 0 bridgehead atoms. The Labute approximate surface area is 80.7 Å². The fraction of sp³-hybridized carbons (Fsp3) is 0.875. The third-order valence-corrected chi connectivity index (χ3v) is 3.29. The summed E-state index contributed by atoms with van der Waals surface area (Å²) in [4.78, 5) is 12.3. The molecule has 2 nitrogen and oxygen atoms in total. The lowest BCUT2D eigenvalue weighted by Gasteiger charge is -2.26. The molecule has 0 saturated carbocycles. The highest BCUT2D eigenvalue weighted by Gasteiger charge is 2.38. The number of nitrogens with zero attached hydrogens (tertiary/aromatic N) is 1. The first-order chi connectivity index (χ1) is 5.93. The number of alkyl halides is 2. The van der Waals surface area contributed by atoms with Crippen LogP contribution in [0.15, 0.2) is 0 Å². The fourth-order valence-electron chi connectivity index (χ4n) is 1.30. The smallest absolute Gasteiger partial charge is 0.322 e. The Morgan fingerprint density at radius 1 is 1.62 bits per heavy atom. The zero-order valence-corrected chi connectivity index (χ0v) is 8.53. The lowest BCUT2D eigenvalue weighted by molar-refractivity contribution is -0.155. The van der Waals surface area contributed by atoms with E-state index in [1.165, 1.54) is 11.9 Å². The lowest BCUT2D eigenvalue weighted by Crippen LogP contribution is -2.45. The van der Waals surface area contributed by atoms with E-state index >= 15 is 0 Å². The van der Waals surface area contributed by atoms with Crippen molar-refractivity contribution < 1.29 is 13.6 Å². The number of thioether (sulfide) groups is 1. The Hall–Kier alpha value is -0.320. The minimum absolute atomic E-state index is 0.0108. The Balaban J connectivity index is 2.56. The molecule has 0 aromatic rings. The van der Waals surface area contributed by atoms with Crippen LogP contribution in [0.5, 0.6) is 0 Å². The van der Waals surface area contributed by atoms with Gasteiger partial charge in [0.1, 0.15) is 0 Å². The van der Waals surface area contributed by atoms with E-state index in [0.717, 1.165) is 17.9 Å². The maximum atomic E-state index is 12.6. The Bertz CT molecular complexity index is 199. The second-order valence-corrected chi connectivity index (χ2v) is 4.47. The van der Waals surface area contributed by atoms with Gasteiger partial charge >= 0.3 is 5.92 Å². The molecule has 1 unspecified atom stereocenters. The first-order valence-corrected chi connectivity index (χ1v) is 5.31. The van der Waals surface area contributed by atoms with Crippen LogP contribution in [0, 0.1) is 0 Å². The molecular weight excluding hydrogens is 196 g/mol. The summed E-state index contributed by atoms with van der Waals surface area (Å²) >= 11 is 1.70. The molecule has 1 atom stereocenters. The Kier molecular flexibility index (Phi) is 3.16. The molecule has 0 aliphatic carbocycles. The molecule has 0 radical (unpaired) electrons. The van der Waals surface area contributed by atoms with Gasteiger partial charge in [0, 0.05) is 25.8 Å². The molecule has 13 heavy (non-hydrogen) atoms. The maximum Gasteiger partial charge on any atom is 0.322 e. The van der Waals surface area contributed by atoms with E-state index in [2.05, 4.69) is 0 Å². The van der Waals surface area contributed by atoms with Gasteiger partial charge in [-0.25, -0.2) is 0 Å². The van der Waals surface area contributed by atoms with Crippen molar-refractivity contribution in [3.63, 3.8) is 0 Å². The van der Waals surface area contributed by atoms with Gasteiger partial charge in [0.2, 0.25) is 0 Å². The third kappa shape index (κ3) is 2.56. The first-order valence-electron chi connectivity index (χ1n) is 4.15. The van der Waals surface area contributed by atoms with Crippen LogP contribution < -0.4 is 0 Å². The number of amides is 1. The largest absolute Gasteiger partial charge is 0.337 e. The van der Waals surface area contributed by atoms with Crippen molar-refractivity contribution in [2.24, 2.45) is 0 Å². The van der Waals surface area contributed by atoms with Crippen molar-refractivity contribution >= 4 is 17.7 Å². The molecule has 0 N–H and O–H groups in total. The summed E-state index contributed by atoms with van der Waals surface area (Å²) < 4.78 is 25.2. The molecule has 1 fully saturated rings. The highest BCUT2D eigenvalue weighted by molar-refractivity contribution is 7.99. The van der Waals surface area contributed by atoms with Crippen molar-refractivity contribution in [3.05, 3.63) is 0 Å². The van der Waals surface area contributed by atoms with Crippen LogP contribution in [-0.2, 0) is 4.79 Å². The van der Waals surface area contributed by atoms with Crippen LogP contribution in [0.25, 0.3) is 0 Å². The van der Waals surface area contributed by atoms with Crippen LogP contribution in [0.4, 0.5) is 8.78 Å². The summed E-state index contributed by atoms with van der Waals surface area (Å²) in [5.74, 6) is -2.57. The maximum absolute atomic E-state index is 12.6. The van der Waals surface area contributed by atoms with Crippen LogP contribution in [0.1, 0.15) is 13.3 Å². The third-order valence-electron chi connectivity index (χ3n) is 2.15. The number of hydrogen-bond donors (Lipinski definition) is 0. The molecule has 0 aromatic heterocycles. The topological polar surface area (TPSA) is 20.3 Å². The summed E-state index contributed by atoms with van der Waals surface area (Å²) in [5, 5.41) is 0. The molecule has 1 rings (SSSR count). The van der Waals surface area contributed by atoms with E-state index in [0.29, 0.717) is 6.92 Å². The van der Waals surface area contributed by atoms with Gasteiger partial charge in [-0.3, -0.25) is 4.79 Å². The van der Waals surface area contributed by atoms with Gasteiger partial charge in [0.05, 0.1) is 0 Å². The van der Waals surface area contributed by atoms with E-state index in [4.69, 9.17) is 0 Å².